The summed E-state index contributed by atoms with van der Waals surface area (Å²) in [5.74, 6) is 0.979. The van der Waals surface area contributed by atoms with Gasteiger partial charge in [-0.1, -0.05) is 30.3 Å². The van der Waals surface area contributed by atoms with Crippen molar-refractivity contribution in [3.8, 4) is 17.2 Å². The van der Waals surface area contributed by atoms with Gasteiger partial charge in [0.2, 0.25) is 15.9 Å². The lowest BCUT2D eigenvalue weighted by Gasteiger charge is -2.28. The van der Waals surface area contributed by atoms with Crippen LogP contribution in [0.2, 0.25) is 0 Å². The first-order valence-corrected chi connectivity index (χ1v) is 15.0. The number of anilines is 1. The van der Waals surface area contributed by atoms with Gasteiger partial charge in [-0.2, -0.15) is 0 Å². The molecule has 3 rings (SSSR count). The van der Waals surface area contributed by atoms with E-state index < -0.39 is 21.7 Å². The largest absolute Gasteiger partial charge is 0.506 e. The monoisotopic (exact) mass is 585 g/mol. The van der Waals surface area contributed by atoms with Crippen LogP contribution < -0.4 is 24.8 Å². The third-order valence-corrected chi connectivity index (χ3v) is 7.04. The number of carbonyl (C=O) groups excluding carboxylic acids is 1. The number of carbonyl (C=O) groups is 1. The third kappa shape index (κ3) is 9.96. The Labute approximate surface area is 241 Å². The van der Waals surface area contributed by atoms with Gasteiger partial charge in [0.25, 0.3) is 0 Å². The van der Waals surface area contributed by atoms with Crippen molar-refractivity contribution in [2.45, 2.75) is 44.9 Å². The van der Waals surface area contributed by atoms with Crippen molar-refractivity contribution in [2.24, 2.45) is 0 Å². The van der Waals surface area contributed by atoms with Crippen molar-refractivity contribution < 1.29 is 32.9 Å². The van der Waals surface area contributed by atoms with Crippen LogP contribution in [-0.4, -0.2) is 57.1 Å². The first kappa shape index (κ1) is 31.7. The average molecular weight is 586 g/mol. The molecule has 3 aromatic carbocycles. The second kappa shape index (κ2) is 13.7. The molecule has 3 aromatic rings. The van der Waals surface area contributed by atoms with Crippen LogP contribution in [0.5, 0.6) is 17.2 Å². The zero-order valence-corrected chi connectivity index (χ0v) is 24.8. The highest BCUT2D eigenvalue weighted by molar-refractivity contribution is 7.92. The number of ether oxygens (including phenoxy) is 2. The van der Waals surface area contributed by atoms with E-state index in [1.807, 2.05) is 50.2 Å². The molecule has 0 spiro atoms. The smallest absolute Gasteiger partial charge is 0.229 e. The lowest BCUT2D eigenvalue weighted by molar-refractivity contribution is -0.120. The number of sulfonamides is 1. The standard InChI is InChI=1S/C30H39N3O7S/c1-30(2,32-19-27(35)22-10-12-26(34)25(15-22)33-41(5,37)38)17-21-8-6-7-20(13-21)14-29(36)31-18-23-9-11-24(39-3)16-28(23)40-4/h6-13,15-16,27,32-35H,14,17-19H2,1-5H3,(H,31,36)/t27-/m0/s1. The highest BCUT2D eigenvalue weighted by atomic mass is 32.2. The Morgan fingerprint density at radius 2 is 1.73 bits per heavy atom. The topological polar surface area (TPSA) is 146 Å². The molecule has 222 valence electrons. The van der Waals surface area contributed by atoms with Gasteiger partial charge in [-0.3, -0.25) is 9.52 Å². The van der Waals surface area contributed by atoms with Gasteiger partial charge in [-0.25, -0.2) is 8.42 Å². The van der Waals surface area contributed by atoms with Crippen LogP contribution in [0.25, 0.3) is 0 Å². The molecule has 1 atom stereocenters. The van der Waals surface area contributed by atoms with Crippen molar-refractivity contribution >= 4 is 21.6 Å². The van der Waals surface area contributed by atoms with Crippen LogP contribution in [0.15, 0.2) is 60.7 Å². The molecule has 10 nitrogen and oxygen atoms in total. The minimum atomic E-state index is -3.59. The Hall–Kier alpha value is -3.80. The van der Waals surface area contributed by atoms with Crippen molar-refractivity contribution in [2.75, 3.05) is 31.7 Å². The van der Waals surface area contributed by atoms with Crippen LogP contribution >= 0.6 is 0 Å². The normalized spacial score (nSPS) is 12.4. The highest BCUT2D eigenvalue weighted by Gasteiger charge is 2.21. The molecule has 5 N–H and O–H groups in total. The average Bonchev–Trinajstić information content (AvgIpc) is 2.91. The van der Waals surface area contributed by atoms with Crippen LogP contribution in [0.3, 0.4) is 0 Å². The number of hydrogen-bond donors (Lipinski definition) is 5. The van der Waals surface area contributed by atoms with E-state index in [-0.39, 0.29) is 30.3 Å². The van der Waals surface area contributed by atoms with E-state index in [0.717, 1.165) is 22.9 Å². The van der Waals surface area contributed by atoms with Gasteiger partial charge < -0.3 is 30.3 Å². The molecule has 0 heterocycles. The minimum absolute atomic E-state index is 0.00676. The fourth-order valence-electron chi connectivity index (χ4n) is 4.40. The number of rotatable bonds is 14. The molecule has 0 unspecified atom stereocenters. The molecule has 1 amide bonds. The first-order valence-electron chi connectivity index (χ1n) is 13.1. The highest BCUT2D eigenvalue weighted by Crippen LogP contribution is 2.28. The molecule has 0 aliphatic carbocycles. The van der Waals surface area contributed by atoms with Gasteiger partial charge in [0, 0.05) is 30.3 Å². The second-order valence-electron chi connectivity index (χ2n) is 10.6. The molecule has 0 bridgehead atoms. The summed E-state index contributed by atoms with van der Waals surface area (Å²) in [5.41, 5.74) is 2.82. The van der Waals surface area contributed by atoms with Gasteiger partial charge >= 0.3 is 0 Å². The van der Waals surface area contributed by atoms with Crippen molar-refractivity contribution in [3.63, 3.8) is 0 Å². The van der Waals surface area contributed by atoms with Crippen LogP contribution in [-0.2, 0) is 34.2 Å². The minimum Gasteiger partial charge on any atom is -0.506 e. The Kier molecular flexibility index (Phi) is 10.6. The molecule has 0 radical (unpaired) electrons. The van der Waals surface area contributed by atoms with E-state index in [4.69, 9.17) is 9.47 Å². The van der Waals surface area contributed by atoms with Gasteiger partial charge in [0.15, 0.2) is 0 Å². The van der Waals surface area contributed by atoms with Crippen molar-refractivity contribution in [1.82, 2.24) is 10.6 Å². The summed E-state index contributed by atoms with van der Waals surface area (Å²) >= 11 is 0. The van der Waals surface area contributed by atoms with Crippen LogP contribution in [0.1, 0.15) is 42.2 Å². The molecule has 41 heavy (non-hydrogen) atoms. The Morgan fingerprint density at radius 3 is 2.41 bits per heavy atom. The van der Waals surface area contributed by atoms with Gasteiger partial charge in [0.1, 0.15) is 17.2 Å². The summed E-state index contributed by atoms with van der Waals surface area (Å²) < 4.78 is 36.0. The maximum atomic E-state index is 12.7. The summed E-state index contributed by atoms with van der Waals surface area (Å²) in [7, 11) is -0.428. The first-order chi connectivity index (χ1) is 19.3. The number of nitrogens with one attached hydrogen (secondary N) is 3. The van der Waals surface area contributed by atoms with Crippen LogP contribution in [0, 0.1) is 0 Å². The van der Waals surface area contributed by atoms with E-state index in [9.17, 15) is 23.4 Å². The number of phenols is 1. The number of aromatic hydroxyl groups is 1. The maximum Gasteiger partial charge on any atom is 0.229 e. The SMILES string of the molecule is COc1ccc(CNC(=O)Cc2cccc(CC(C)(C)NC[C@H](O)c3ccc(O)c(NS(C)(=O)=O)c3)c2)c(OC)c1. The number of phenolic OH excluding ortho intramolecular Hbond substituents is 1. The van der Waals surface area contributed by atoms with Gasteiger partial charge in [-0.05, 0) is 61.2 Å². The molecule has 0 aliphatic rings. The number of aliphatic hydroxyl groups is 1. The Morgan fingerprint density at radius 1 is 1.00 bits per heavy atom. The van der Waals surface area contributed by atoms with E-state index in [0.29, 0.717) is 30.0 Å². The number of β-amino-alcohol motifs (C(OH)–C–C–N with tert-alkyl or cyclic N) is 1. The summed E-state index contributed by atoms with van der Waals surface area (Å²) in [6.45, 7) is 4.55. The molecule has 11 heteroatoms. The third-order valence-electron chi connectivity index (χ3n) is 6.45. The van der Waals surface area contributed by atoms with Crippen molar-refractivity contribution in [1.29, 1.82) is 0 Å². The predicted octanol–water partition coefficient (Wildman–Crippen LogP) is 3.28. The van der Waals surface area contributed by atoms with E-state index in [1.165, 1.54) is 12.1 Å². The Bertz CT molecular complexity index is 1460. The predicted molar refractivity (Wildman–Crippen MR) is 159 cm³/mol. The summed E-state index contributed by atoms with van der Waals surface area (Å²) in [6.07, 6.45) is 0.911. The number of hydrogen-bond acceptors (Lipinski definition) is 8. The van der Waals surface area contributed by atoms with Gasteiger partial charge in [-0.15, -0.1) is 0 Å². The number of aliphatic hydroxyl groups excluding tert-OH is 1. The van der Waals surface area contributed by atoms with Gasteiger partial charge in [0.05, 0.1) is 38.7 Å². The maximum absolute atomic E-state index is 12.7. The number of benzene rings is 3. The van der Waals surface area contributed by atoms with E-state index in [1.54, 1.807) is 26.4 Å². The fourth-order valence-corrected chi connectivity index (χ4v) is 4.96. The second-order valence-corrected chi connectivity index (χ2v) is 12.3. The van der Waals surface area contributed by atoms with E-state index in [2.05, 4.69) is 15.4 Å². The summed E-state index contributed by atoms with van der Waals surface area (Å²) in [5, 5.41) is 27.0. The van der Waals surface area contributed by atoms with E-state index >= 15 is 0 Å². The zero-order valence-electron chi connectivity index (χ0n) is 24.0. The molecular weight excluding hydrogens is 546 g/mol. The molecule has 0 fully saturated rings. The van der Waals surface area contributed by atoms with Crippen molar-refractivity contribution in [3.05, 3.63) is 82.9 Å². The Balaban J connectivity index is 1.56. The lowest BCUT2D eigenvalue weighted by Crippen LogP contribution is -2.43. The molecule has 0 aliphatic heterocycles. The molecule has 0 saturated carbocycles. The zero-order chi connectivity index (χ0) is 30.2. The number of methoxy groups -OCH3 is 2. The molecule has 0 saturated heterocycles. The lowest BCUT2D eigenvalue weighted by atomic mass is 9.93. The fraction of sp³-hybridized carbons (Fsp3) is 0.367. The molecular formula is C30H39N3O7S. The van der Waals surface area contributed by atoms with Crippen LogP contribution in [0.4, 0.5) is 5.69 Å². The molecule has 0 aromatic heterocycles. The summed E-state index contributed by atoms with van der Waals surface area (Å²) in [4.78, 5) is 12.7. The quantitative estimate of drug-likeness (QED) is 0.181. The summed E-state index contributed by atoms with van der Waals surface area (Å²) in [6, 6.07) is 17.6. The number of amides is 1.